The molecule has 7 heteroatoms. The molecule has 0 saturated carbocycles. The van der Waals surface area contributed by atoms with Gasteiger partial charge in [0.1, 0.15) is 6.54 Å². The second-order valence-corrected chi connectivity index (χ2v) is 4.07. The lowest BCUT2D eigenvalue weighted by atomic mass is 10.1. The zero-order valence-corrected chi connectivity index (χ0v) is 10.7. The number of carbonyl (C=O) groups excluding carboxylic acids is 1. The lowest BCUT2D eigenvalue weighted by Crippen LogP contribution is -2.36. The molecule has 0 atom stereocenters. The molecule has 7 nitrogen and oxygen atoms in total. The van der Waals surface area contributed by atoms with Crippen molar-refractivity contribution in [3.8, 4) is 12.3 Å². The number of terminal acetylenes is 1. The molecule has 1 N–H and O–H groups in total. The van der Waals surface area contributed by atoms with Crippen molar-refractivity contribution in [3.63, 3.8) is 0 Å². The number of non-ortho nitro benzene ring substituents is 1. The first-order valence-corrected chi connectivity index (χ1v) is 5.55. The highest BCUT2D eigenvalue weighted by Crippen LogP contribution is 2.18. The third-order valence-electron chi connectivity index (χ3n) is 2.42. The molecule has 0 spiro atoms. The van der Waals surface area contributed by atoms with Gasteiger partial charge in [-0.05, 0) is 18.6 Å². The van der Waals surface area contributed by atoms with E-state index in [1.807, 2.05) is 0 Å². The largest absolute Gasteiger partial charge is 0.480 e. The standard InChI is InChI=1S/C13H12N2O5/c1-3-4-14(8-12(16)17)13(18)10-5-9(2)6-11(7-10)15(19)20/h1,5-7H,4,8H2,2H3,(H,16,17). The van der Waals surface area contributed by atoms with Crippen LogP contribution in [0.2, 0.25) is 0 Å². The number of hydrogen-bond donors (Lipinski definition) is 1. The van der Waals surface area contributed by atoms with Gasteiger partial charge < -0.3 is 10.0 Å². The Labute approximate surface area is 115 Å². The van der Waals surface area contributed by atoms with Gasteiger partial charge >= 0.3 is 5.97 Å². The number of benzene rings is 1. The van der Waals surface area contributed by atoms with Gasteiger partial charge in [0, 0.05) is 17.7 Å². The van der Waals surface area contributed by atoms with Crippen molar-refractivity contribution in [2.45, 2.75) is 6.92 Å². The van der Waals surface area contributed by atoms with E-state index in [0.29, 0.717) is 5.56 Å². The summed E-state index contributed by atoms with van der Waals surface area (Å²) in [6, 6.07) is 3.86. The van der Waals surface area contributed by atoms with Gasteiger partial charge in [-0.3, -0.25) is 19.7 Å². The fourth-order valence-corrected chi connectivity index (χ4v) is 1.65. The molecular weight excluding hydrogens is 264 g/mol. The van der Waals surface area contributed by atoms with E-state index in [-0.39, 0.29) is 17.8 Å². The Morgan fingerprint density at radius 3 is 2.60 bits per heavy atom. The van der Waals surface area contributed by atoms with E-state index in [9.17, 15) is 19.7 Å². The van der Waals surface area contributed by atoms with E-state index in [1.165, 1.54) is 12.1 Å². The van der Waals surface area contributed by atoms with Crippen molar-refractivity contribution in [2.75, 3.05) is 13.1 Å². The van der Waals surface area contributed by atoms with Crippen LogP contribution in [0.25, 0.3) is 0 Å². The van der Waals surface area contributed by atoms with Crippen LogP contribution >= 0.6 is 0 Å². The van der Waals surface area contributed by atoms with Crippen LogP contribution in [0, 0.1) is 29.4 Å². The molecule has 1 aromatic carbocycles. The molecule has 0 radical (unpaired) electrons. The van der Waals surface area contributed by atoms with Gasteiger partial charge in [-0.1, -0.05) is 5.92 Å². The Balaban J connectivity index is 3.14. The normalized spacial score (nSPS) is 9.60. The number of hydrogen-bond acceptors (Lipinski definition) is 4. The molecule has 0 aliphatic heterocycles. The second kappa shape index (κ2) is 6.33. The van der Waals surface area contributed by atoms with Gasteiger partial charge in [-0.25, -0.2) is 0 Å². The van der Waals surface area contributed by atoms with Crippen molar-refractivity contribution in [2.24, 2.45) is 0 Å². The fourth-order valence-electron chi connectivity index (χ4n) is 1.65. The number of aliphatic carboxylic acids is 1. The highest BCUT2D eigenvalue weighted by atomic mass is 16.6. The third-order valence-corrected chi connectivity index (χ3v) is 2.42. The first kappa shape index (κ1) is 15.2. The second-order valence-electron chi connectivity index (χ2n) is 4.07. The lowest BCUT2D eigenvalue weighted by Gasteiger charge is -2.18. The molecule has 0 bridgehead atoms. The maximum absolute atomic E-state index is 12.1. The number of nitro groups is 1. The Kier molecular flexibility index (Phi) is 4.81. The van der Waals surface area contributed by atoms with E-state index in [4.69, 9.17) is 11.5 Å². The maximum atomic E-state index is 12.1. The summed E-state index contributed by atoms with van der Waals surface area (Å²) in [5.41, 5.74) is 0.330. The molecular formula is C13H12N2O5. The number of aryl methyl sites for hydroxylation is 1. The lowest BCUT2D eigenvalue weighted by molar-refractivity contribution is -0.384. The molecule has 1 amide bonds. The Morgan fingerprint density at radius 1 is 1.45 bits per heavy atom. The van der Waals surface area contributed by atoms with Crippen molar-refractivity contribution in [1.29, 1.82) is 0 Å². The van der Waals surface area contributed by atoms with Crippen LogP contribution in [0.3, 0.4) is 0 Å². The van der Waals surface area contributed by atoms with Crippen molar-refractivity contribution in [3.05, 3.63) is 39.4 Å². The van der Waals surface area contributed by atoms with E-state index < -0.39 is 23.3 Å². The Hall–Kier alpha value is -2.88. The fraction of sp³-hybridized carbons (Fsp3) is 0.231. The molecule has 0 aliphatic carbocycles. The van der Waals surface area contributed by atoms with Gasteiger partial charge in [0.25, 0.3) is 11.6 Å². The first-order chi connectivity index (χ1) is 9.35. The number of amides is 1. The Bertz CT molecular complexity index is 603. The highest BCUT2D eigenvalue weighted by Gasteiger charge is 2.20. The molecule has 0 aliphatic rings. The molecule has 104 valence electrons. The number of rotatable bonds is 5. The van der Waals surface area contributed by atoms with Gasteiger partial charge in [0.05, 0.1) is 11.5 Å². The van der Waals surface area contributed by atoms with Crippen molar-refractivity contribution >= 4 is 17.6 Å². The summed E-state index contributed by atoms with van der Waals surface area (Å²) in [4.78, 5) is 33.9. The minimum Gasteiger partial charge on any atom is -0.480 e. The monoisotopic (exact) mass is 276 g/mol. The first-order valence-electron chi connectivity index (χ1n) is 5.55. The average Bonchev–Trinajstić information content (AvgIpc) is 2.36. The van der Waals surface area contributed by atoms with Crippen LogP contribution in [0.1, 0.15) is 15.9 Å². The summed E-state index contributed by atoms with van der Waals surface area (Å²) in [5.74, 6) is 0.316. The summed E-state index contributed by atoms with van der Waals surface area (Å²) >= 11 is 0. The molecule has 1 aromatic rings. The van der Waals surface area contributed by atoms with E-state index >= 15 is 0 Å². The number of nitro benzene ring substituents is 1. The van der Waals surface area contributed by atoms with Crippen molar-refractivity contribution in [1.82, 2.24) is 4.90 Å². The van der Waals surface area contributed by atoms with E-state index in [2.05, 4.69) is 5.92 Å². The van der Waals surface area contributed by atoms with Crippen LogP contribution in [-0.4, -0.2) is 39.9 Å². The maximum Gasteiger partial charge on any atom is 0.323 e. The minimum absolute atomic E-state index is 0.0354. The molecule has 20 heavy (non-hydrogen) atoms. The summed E-state index contributed by atoms with van der Waals surface area (Å²) in [6.45, 7) is 0.851. The zero-order valence-electron chi connectivity index (χ0n) is 10.7. The SMILES string of the molecule is C#CCN(CC(=O)O)C(=O)c1cc(C)cc([N+](=O)[O-])c1. The number of carbonyl (C=O) groups is 2. The van der Waals surface area contributed by atoms with Crippen LogP contribution < -0.4 is 0 Å². The van der Waals surface area contributed by atoms with Crippen LogP contribution in [0.15, 0.2) is 18.2 Å². The molecule has 0 saturated heterocycles. The smallest absolute Gasteiger partial charge is 0.323 e. The van der Waals surface area contributed by atoms with Crippen LogP contribution in [0.5, 0.6) is 0 Å². The Morgan fingerprint density at radius 2 is 2.10 bits per heavy atom. The van der Waals surface area contributed by atoms with Gasteiger partial charge in [-0.2, -0.15) is 0 Å². The molecule has 0 aromatic heterocycles. The van der Waals surface area contributed by atoms with Gasteiger partial charge in [0.2, 0.25) is 0 Å². The van der Waals surface area contributed by atoms with E-state index in [0.717, 1.165) is 11.0 Å². The van der Waals surface area contributed by atoms with E-state index in [1.54, 1.807) is 6.92 Å². The predicted octanol–water partition coefficient (Wildman–Crippen LogP) is 1.06. The highest BCUT2D eigenvalue weighted by molar-refractivity contribution is 5.96. The summed E-state index contributed by atoms with van der Waals surface area (Å²) in [7, 11) is 0. The number of carboxylic acids is 1. The topological polar surface area (TPSA) is 101 Å². The summed E-state index contributed by atoms with van der Waals surface area (Å²) < 4.78 is 0. The molecule has 0 fully saturated rings. The average molecular weight is 276 g/mol. The van der Waals surface area contributed by atoms with Crippen LogP contribution in [-0.2, 0) is 4.79 Å². The minimum atomic E-state index is -1.21. The summed E-state index contributed by atoms with van der Waals surface area (Å²) in [6.07, 6.45) is 5.08. The third kappa shape index (κ3) is 3.81. The molecule has 0 heterocycles. The quantitative estimate of drug-likeness (QED) is 0.492. The number of carboxylic acid groups (broad SMARTS) is 1. The zero-order chi connectivity index (χ0) is 15.3. The summed E-state index contributed by atoms with van der Waals surface area (Å²) in [5, 5.41) is 19.5. The van der Waals surface area contributed by atoms with Crippen molar-refractivity contribution < 1.29 is 19.6 Å². The molecule has 1 rings (SSSR count). The van der Waals surface area contributed by atoms with Gasteiger partial charge in [-0.15, -0.1) is 6.42 Å². The van der Waals surface area contributed by atoms with Gasteiger partial charge in [0.15, 0.2) is 0 Å². The predicted molar refractivity (Wildman–Crippen MR) is 70.2 cm³/mol. The molecule has 0 unspecified atom stereocenters. The number of nitrogens with zero attached hydrogens (tertiary/aromatic N) is 2. The van der Waals surface area contributed by atoms with Crippen LogP contribution in [0.4, 0.5) is 5.69 Å².